The molecule has 0 aliphatic rings. The number of hydrogen-bond acceptors (Lipinski definition) is 8. The van der Waals surface area contributed by atoms with Crippen LogP contribution in [-0.2, 0) is 0 Å². The maximum Gasteiger partial charge on any atom is 0.154 e. The molecule has 7 aromatic rings. The van der Waals surface area contributed by atoms with Gasteiger partial charge in [-0.05, 0) is 74.9 Å². The van der Waals surface area contributed by atoms with E-state index in [0.717, 1.165) is 210 Å². The zero-order valence-electron chi connectivity index (χ0n) is 43.1. The summed E-state index contributed by atoms with van der Waals surface area (Å²) < 4.78 is 41.0. The predicted molar refractivity (Wildman–Crippen MR) is 283 cm³/mol. The monoisotopic (exact) mass is 935 g/mol. The second-order valence-corrected chi connectivity index (χ2v) is 18.8. The first-order valence-corrected chi connectivity index (χ1v) is 27.2. The third-order valence-corrected chi connectivity index (χ3v) is 13.2. The van der Waals surface area contributed by atoms with Crippen LogP contribution in [0, 0.1) is 0 Å². The average Bonchev–Trinajstić information content (AvgIpc) is 3.36. The molecule has 0 fully saturated rings. The first-order chi connectivity index (χ1) is 33.5. The second-order valence-electron chi connectivity index (χ2n) is 18.8. The third kappa shape index (κ3) is 14.7. The van der Waals surface area contributed by atoms with Gasteiger partial charge in [-0.1, -0.05) is 157 Å². The van der Waals surface area contributed by atoms with Crippen LogP contribution in [0.2, 0.25) is 0 Å². The van der Waals surface area contributed by atoms with Crippen LogP contribution in [0.4, 0.5) is 0 Å². The van der Waals surface area contributed by atoms with Crippen LogP contribution in [0.3, 0.4) is 0 Å². The molecule has 0 amide bonds. The smallest absolute Gasteiger partial charge is 0.154 e. The molecule has 68 heavy (non-hydrogen) atoms. The summed E-state index contributed by atoms with van der Waals surface area (Å²) in [6.45, 7) is 16.4. The number of ether oxygens (including phenoxy) is 6. The molecule has 0 N–H and O–H groups in total. The Balaban J connectivity index is 1.80. The van der Waals surface area contributed by atoms with E-state index in [1.165, 1.54) is 0 Å². The van der Waals surface area contributed by atoms with E-state index < -0.39 is 0 Å². The SMILES string of the molecule is CCCCCCOc1cc(-c2c(OCCCCCC)c3ccc2c(OCCCCCC)c3C=O)c(OCCCCCC)cc1-c1c(OCCCCCC)c2ccc1c(OCCCCCC)c2C=O. The molecule has 7 rings (SSSR count). The number of carbonyl (C=O) groups is 2. The van der Waals surface area contributed by atoms with Gasteiger partial charge in [0, 0.05) is 43.8 Å². The quantitative estimate of drug-likeness (QED) is 0.0283. The molecule has 0 heterocycles. The van der Waals surface area contributed by atoms with Gasteiger partial charge >= 0.3 is 0 Å². The lowest BCUT2D eigenvalue weighted by Gasteiger charge is -2.26. The van der Waals surface area contributed by atoms with Crippen molar-refractivity contribution in [1.29, 1.82) is 0 Å². The Morgan fingerprint density at radius 3 is 0.868 bits per heavy atom. The molecule has 0 unspecified atom stereocenters. The topological polar surface area (TPSA) is 89.5 Å². The summed E-state index contributed by atoms with van der Waals surface area (Å²) in [6, 6.07) is 12.4. The lowest BCUT2D eigenvalue weighted by molar-refractivity contribution is 0.111. The molecule has 0 spiro atoms. The van der Waals surface area contributed by atoms with Gasteiger partial charge in [-0.2, -0.15) is 0 Å². The maximum atomic E-state index is 13.1. The summed E-state index contributed by atoms with van der Waals surface area (Å²) >= 11 is 0. The lowest BCUT2D eigenvalue weighted by atomic mass is 9.87. The summed E-state index contributed by atoms with van der Waals surface area (Å²) in [7, 11) is 0. The molecule has 0 radical (unpaired) electrons. The molecular formula is C60H86O8. The van der Waals surface area contributed by atoms with Crippen LogP contribution in [0.5, 0.6) is 34.5 Å². The van der Waals surface area contributed by atoms with Gasteiger partial charge in [0.25, 0.3) is 0 Å². The first-order valence-electron chi connectivity index (χ1n) is 27.2. The highest BCUT2D eigenvalue weighted by Crippen LogP contribution is 2.55. The van der Waals surface area contributed by atoms with Crippen molar-refractivity contribution in [3.05, 3.63) is 47.5 Å². The largest absolute Gasteiger partial charge is 0.493 e. The van der Waals surface area contributed by atoms with Crippen molar-refractivity contribution >= 4 is 34.1 Å². The highest BCUT2D eigenvalue weighted by Gasteiger charge is 2.31. The standard InChI is InChI=1S/C60H86O8/c1-7-13-19-25-35-63-53-41-50(56-48-34-32-46(60(56)68-40-30-24-18-12-6)52(44-62)58(48)66-38-28-22-16-10-4)54(64-36-26-20-14-8-2)42-49(53)55-47-33-31-45(59(55)67-39-29-23-17-11-5)51(43-61)57(47)65-37-27-21-15-9-3/h31-34,41-44H,7-30,35-40H2,1-6H3. The number of hydrogen-bond donors (Lipinski definition) is 0. The zero-order chi connectivity index (χ0) is 48.4. The van der Waals surface area contributed by atoms with E-state index in [9.17, 15) is 9.59 Å². The van der Waals surface area contributed by atoms with Crippen molar-refractivity contribution in [2.24, 2.45) is 0 Å². The predicted octanol–water partition coefficient (Wildman–Crippen LogP) is 17.6. The van der Waals surface area contributed by atoms with Gasteiger partial charge in [-0.15, -0.1) is 0 Å². The molecule has 8 heteroatoms. The molecule has 0 aliphatic carbocycles. The Morgan fingerprint density at radius 2 is 0.588 bits per heavy atom. The fraction of sp³-hybridized carbons (Fsp3) is 0.600. The zero-order valence-corrected chi connectivity index (χ0v) is 43.1. The van der Waals surface area contributed by atoms with Crippen LogP contribution < -0.4 is 28.4 Å². The van der Waals surface area contributed by atoms with Gasteiger partial charge < -0.3 is 28.4 Å². The van der Waals surface area contributed by atoms with Crippen LogP contribution in [0.25, 0.3) is 43.8 Å². The van der Waals surface area contributed by atoms with Crippen molar-refractivity contribution < 1.29 is 38.0 Å². The van der Waals surface area contributed by atoms with Crippen molar-refractivity contribution in [2.45, 2.75) is 196 Å². The summed E-state index contributed by atoms with van der Waals surface area (Å²) in [5.74, 6) is 3.92. The Kier molecular flexibility index (Phi) is 24.5. The minimum atomic E-state index is 0.517. The Labute approximate surface area is 410 Å². The normalized spacial score (nSPS) is 11.5. The highest BCUT2D eigenvalue weighted by molar-refractivity contribution is 6.13. The molecule has 374 valence electrons. The number of benzene rings is 7. The molecule has 0 saturated heterocycles. The number of fused-ring (bicyclic) bond motifs is 6. The lowest BCUT2D eigenvalue weighted by Crippen LogP contribution is -2.09. The number of unbranched alkanes of at least 4 members (excludes halogenated alkanes) is 18. The Bertz CT molecular complexity index is 2040. The molecular weight excluding hydrogens is 849 g/mol. The highest BCUT2D eigenvalue weighted by atomic mass is 16.5. The molecule has 0 aliphatic heterocycles. The summed E-state index contributed by atoms with van der Waals surface area (Å²) in [5.41, 5.74) is 4.43. The minimum absolute atomic E-state index is 0.517. The van der Waals surface area contributed by atoms with E-state index in [2.05, 4.69) is 65.8 Å². The first kappa shape index (κ1) is 54.2. The van der Waals surface area contributed by atoms with Gasteiger partial charge in [0.05, 0.1) is 50.8 Å². The molecule has 0 atom stereocenters. The van der Waals surface area contributed by atoms with Gasteiger partial charge in [0.15, 0.2) is 12.6 Å². The van der Waals surface area contributed by atoms with Gasteiger partial charge in [-0.25, -0.2) is 0 Å². The molecule has 8 nitrogen and oxygen atoms in total. The van der Waals surface area contributed by atoms with E-state index >= 15 is 0 Å². The molecule has 0 aromatic heterocycles. The van der Waals surface area contributed by atoms with E-state index in [1.54, 1.807) is 0 Å². The number of rotatable bonds is 40. The number of carbonyl (C=O) groups excluding carboxylic acids is 2. The van der Waals surface area contributed by atoms with E-state index in [1.807, 2.05) is 12.1 Å². The summed E-state index contributed by atoms with van der Waals surface area (Å²) in [4.78, 5) is 26.1. The molecule has 0 saturated carbocycles. The van der Waals surface area contributed by atoms with E-state index in [0.29, 0.717) is 85.3 Å². The summed E-state index contributed by atoms with van der Waals surface area (Å²) in [5, 5.41) is 3.10. The van der Waals surface area contributed by atoms with E-state index in [4.69, 9.17) is 28.4 Å². The van der Waals surface area contributed by atoms with Crippen molar-refractivity contribution in [3.63, 3.8) is 0 Å². The third-order valence-electron chi connectivity index (χ3n) is 13.2. The second kappa shape index (κ2) is 30.7. The maximum absolute atomic E-state index is 13.1. The number of aldehydes is 2. The fourth-order valence-corrected chi connectivity index (χ4v) is 9.31. The molecule has 4 bridgehead atoms. The average molecular weight is 935 g/mol. The fourth-order valence-electron chi connectivity index (χ4n) is 9.31. The van der Waals surface area contributed by atoms with Crippen molar-refractivity contribution in [2.75, 3.05) is 39.6 Å². The summed E-state index contributed by atoms with van der Waals surface area (Å²) in [6.07, 6.45) is 27.3. The van der Waals surface area contributed by atoms with Gasteiger partial charge in [0.2, 0.25) is 0 Å². The molecule has 7 aromatic carbocycles. The van der Waals surface area contributed by atoms with Crippen LogP contribution in [0.15, 0.2) is 36.4 Å². The Morgan fingerprint density at radius 1 is 0.324 bits per heavy atom. The van der Waals surface area contributed by atoms with Gasteiger partial charge in [-0.3, -0.25) is 9.59 Å². The van der Waals surface area contributed by atoms with Gasteiger partial charge in [0.1, 0.15) is 34.5 Å². The van der Waals surface area contributed by atoms with Crippen LogP contribution in [-0.4, -0.2) is 52.2 Å². The minimum Gasteiger partial charge on any atom is -0.493 e. The van der Waals surface area contributed by atoms with Crippen molar-refractivity contribution in [1.82, 2.24) is 0 Å². The Hall–Kier alpha value is -4.72. The van der Waals surface area contributed by atoms with Crippen LogP contribution in [0.1, 0.15) is 216 Å². The van der Waals surface area contributed by atoms with Crippen LogP contribution >= 0.6 is 0 Å². The van der Waals surface area contributed by atoms with Crippen molar-refractivity contribution in [3.8, 4) is 56.8 Å². The van der Waals surface area contributed by atoms with E-state index in [-0.39, 0.29) is 0 Å².